The summed E-state index contributed by atoms with van der Waals surface area (Å²) in [5.74, 6) is 0.592. The van der Waals surface area contributed by atoms with Crippen LogP contribution >= 0.6 is 0 Å². The van der Waals surface area contributed by atoms with Crippen LogP contribution in [0.25, 0.3) is 0 Å². The zero-order chi connectivity index (χ0) is 12.3. The fourth-order valence-electron chi connectivity index (χ4n) is 1.91. The normalized spacial score (nSPS) is 11.6. The van der Waals surface area contributed by atoms with E-state index in [0.717, 1.165) is 17.5 Å². The van der Waals surface area contributed by atoms with Gasteiger partial charge in [-0.15, -0.1) is 0 Å². The molecule has 0 aromatic heterocycles. The number of methoxy groups -OCH3 is 1. The molecule has 0 aliphatic carbocycles. The molecule has 90 valence electrons. The van der Waals surface area contributed by atoms with E-state index in [-0.39, 0.29) is 12.4 Å². The van der Waals surface area contributed by atoms with Crippen LogP contribution in [0.3, 0.4) is 0 Å². The molecule has 3 nitrogen and oxygen atoms in total. The SMILES string of the molecule is CCc1ccc(OC)c(O)c1C(C)(C)CO. The Bertz CT molecular complexity index is 370. The molecular weight excluding hydrogens is 204 g/mol. The third-order valence-electron chi connectivity index (χ3n) is 2.90. The van der Waals surface area contributed by atoms with E-state index in [1.165, 1.54) is 7.11 Å². The number of ether oxygens (including phenoxy) is 1. The zero-order valence-electron chi connectivity index (χ0n) is 10.4. The predicted molar refractivity (Wildman–Crippen MR) is 64.1 cm³/mol. The minimum absolute atomic E-state index is 0.0132. The van der Waals surface area contributed by atoms with Gasteiger partial charge >= 0.3 is 0 Å². The van der Waals surface area contributed by atoms with Crippen LogP contribution in [0.15, 0.2) is 12.1 Å². The van der Waals surface area contributed by atoms with E-state index >= 15 is 0 Å². The molecule has 0 spiro atoms. The van der Waals surface area contributed by atoms with Gasteiger partial charge in [0.05, 0.1) is 13.7 Å². The van der Waals surface area contributed by atoms with Crippen LogP contribution in [0.1, 0.15) is 31.9 Å². The van der Waals surface area contributed by atoms with Crippen molar-refractivity contribution in [2.24, 2.45) is 0 Å². The van der Waals surface area contributed by atoms with E-state index in [2.05, 4.69) is 0 Å². The largest absolute Gasteiger partial charge is 0.504 e. The van der Waals surface area contributed by atoms with E-state index in [4.69, 9.17) is 4.74 Å². The van der Waals surface area contributed by atoms with Gasteiger partial charge in [0, 0.05) is 11.0 Å². The lowest BCUT2D eigenvalue weighted by Gasteiger charge is -2.27. The van der Waals surface area contributed by atoms with Crippen molar-refractivity contribution >= 4 is 0 Å². The summed E-state index contributed by atoms with van der Waals surface area (Å²) < 4.78 is 5.09. The molecule has 0 saturated carbocycles. The molecule has 0 radical (unpaired) electrons. The monoisotopic (exact) mass is 224 g/mol. The van der Waals surface area contributed by atoms with Gasteiger partial charge in [-0.05, 0) is 18.1 Å². The van der Waals surface area contributed by atoms with Crippen LogP contribution in [-0.2, 0) is 11.8 Å². The van der Waals surface area contributed by atoms with Crippen molar-refractivity contribution in [3.8, 4) is 11.5 Å². The third kappa shape index (κ3) is 2.14. The number of phenolic OH excluding ortho intramolecular Hbond substituents is 1. The van der Waals surface area contributed by atoms with Crippen molar-refractivity contribution in [3.05, 3.63) is 23.3 Å². The summed E-state index contributed by atoms with van der Waals surface area (Å²) in [6, 6.07) is 3.69. The van der Waals surface area contributed by atoms with Crippen molar-refractivity contribution in [2.45, 2.75) is 32.6 Å². The maximum atomic E-state index is 10.1. The lowest BCUT2D eigenvalue weighted by molar-refractivity contribution is 0.213. The molecule has 0 atom stereocenters. The maximum Gasteiger partial charge on any atom is 0.161 e. The van der Waals surface area contributed by atoms with Gasteiger partial charge in [-0.1, -0.05) is 26.8 Å². The molecule has 0 saturated heterocycles. The van der Waals surface area contributed by atoms with Crippen molar-refractivity contribution in [1.29, 1.82) is 0 Å². The average molecular weight is 224 g/mol. The lowest BCUT2D eigenvalue weighted by Crippen LogP contribution is -2.24. The number of rotatable bonds is 4. The molecule has 3 heteroatoms. The van der Waals surface area contributed by atoms with Gasteiger partial charge < -0.3 is 14.9 Å². The number of hydrogen-bond acceptors (Lipinski definition) is 3. The number of aryl methyl sites for hydroxylation is 1. The van der Waals surface area contributed by atoms with Crippen LogP contribution in [0.5, 0.6) is 11.5 Å². The number of aliphatic hydroxyl groups excluding tert-OH is 1. The maximum absolute atomic E-state index is 10.1. The second-order valence-corrected chi connectivity index (χ2v) is 4.55. The summed E-state index contributed by atoms with van der Waals surface area (Å²) in [6.45, 7) is 5.82. The Morgan fingerprint density at radius 3 is 2.38 bits per heavy atom. The molecule has 1 aromatic carbocycles. The molecule has 1 aromatic rings. The minimum Gasteiger partial charge on any atom is -0.504 e. The van der Waals surface area contributed by atoms with Crippen LogP contribution in [0, 0.1) is 0 Å². The fourth-order valence-corrected chi connectivity index (χ4v) is 1.91. The Hall–Kier alpha value is -1.22. The second kappa shape index (κ2) is 4.74. The first kappa shape index (κ1) is 12.8. The van der Waals surface area contributed by atoms with Gasteiger partial charge in [0.15, 0.2) is 11.5 Å². The number of aliphatic hydroxyl groups is 1. The number of hydrogen-bond donors (Lipinski definition) is 2. The molecule has 0 bridgehead atoms. The van der Waals surface area contributed by atoms with Gasteiger partial charge in [0.25, 0.3) is 0 Å². The highest BCUT2D eigenvalue weighted by Gasteiger charge is 2.27. The van der Waals surface area contributed by atoms with Crippen LogP contribution in [-0.4, -0.2) is 23.9 Å². The first-order valence-corrected chi connectivity index (χ1v) is 5.48. The highest BCUT2D eigenvalue weighted by Crippen LogP contribution is 2.40. The number of aromatic hydroxyl groups is 1. The van der Waals surface area contributed by atoms with Gasteiger partial charge in [-0.3, -0.25) is 0 Å². The van der Waals surface area contributed by atoms with E-state index in [1.807, 2.05) is 26.8 Å². The fraction of sp³-hybridized carbons (Fsp3) is 0.538. The molecule has 0 heterocycles. The van der Waals surface area contributed by atoms with Crippen molar-refractivity contribution in [3.63, 3.8) is 0 Å². The summed E-state index contributed by atoms with van der Waals surface area (Å²) in [7, 11) is 1.52. The van der Waals surface area contributed by atoms with Crippen molar-refractivity contribution in [2.75, 3.05) is 13.7 Å². The standard InChI is InChI=1S/C13H20O3/c1-5-9-6-7-10(16-4)12(15)11(9)13(2,3)8-14/h6-7,14-15H,5,8H2,1-4H3. The molecule has 2 N–H and O–H groups in total. The Labute approximate surface area is 96.7 Å². The van der Waals surface area contributed by atoms with E-state index < -0.39 is 5.41 Å². The van der Waals surface area contributed by atoms with E-state index in [0.29, 0.717) is 5.75 Å². The number of phenols is 1. The zero-order valence-corrected chi connectivity index (χ0v) is 10.4. The first-order chi connectivity index (χ1) is 7.47. The van der Waals surface area contributed by atoms with Gasteiger partial charge in [-0.2, -0.15) is 0 Å². The third-order valence-corrected chi connectivity index (χ3v) is 2.90. The van der Waals surface area contributed by atoms with Crippen molar-refractivity contribution in [1.82, 2.24) is 0 Å². The second-order valence-electron chi connectivity index (χ2n) is 4.55. The molecule has 1 rings (SSSR count). The highest BCUT2D eigenvalue weighted by atomic mass is 16.5. The molecule has 0 fully saturated rings. The Balaban J connectivity index is 3.43. The molecule has 0 aliphatic rings. The Kier molecular flexibility index (Phi) is 3.81. The predicted octanol–water partition coefficient (Wildman–Crippen LogP) is 2.23. The topological polar surface area (TPSA) is 49.7 Å². The van der Waals surface area contributed by atoms with Crippen molar-refractivity contribution < 1.29 is 14.9 Å². The van der Waals surface area contributed by atoms with Crippen LogP contribution < -0.4 is 4.74 Å². The summed E-state index contributed by atoms with van der Waals surface area (Å²) in [6.07, 6.45) is 0.816. The quantitative estimate of drug-likeness (QED) is 0.824. The molecular formula is C13H20O3. The molecule has 0 aliphatic heterocycles. The van der Waals surface area contributed by atoms with E-state index in [9.17, 15) is 10.2 Å². The number of benzene rings is 1. The van der Waals surface area contributed by atoms with Gasteiger partial charge in [0.1, 0.15) is 0 Å². The molecule has 0 amide bonds. The Morgan fingerprint density at radius 1 is 1.31 bits per heavy atom. The first-order valence-electron chi connectivity index (χ1n) is 5.48. The summed E-state index contributed by atoms with van der Waals surface area (Å²) in [5, 5.41) is 19.5. The Morgan fingerprint density at radius 2 is 1.94 bits per heavy atom. The van der Waals surface area contributed by atoms with Crippen LogP contribution in [0.4, 0.5) is 0 Å². The smallest absolute Gasteiger partial charge is 0.161 e. The minimum atomic E-state index is -0.468. The van der Waals surface area contributed by atoms with Gasteiger partial charge in [-0.25, -0.2) is 0 Å². The summed E-state index contributed by atoms with van der Waals surface area (Å²) in [4.78, 5) is 0. The lowest BCUT2D eigenvalue weighted by atomic mass is 9.81. The highest BCUT2D eigenvalue weighted by molar-refractivity contribution is 5.53. The molecule has 16 heavy (non-hydrogen) atoms. The average Bonchev–Trinajstić information content (AvgIpc) is 2.28. The summed E-state index contributed by atoms with van der Waals surface area (Å²) in [5.41, 5.74) is 1.35. The van der Waals surface area contributed by atoms with Gasteiger partial charge in [0.2, 0.25) is 0 Å². The van der Waals surface area contributed by atoms with Crippen LogP contribution in [0.2, 0.25) is 0 Å². The van der Waals surface area contributed by atoms with E-state index in [1.54, 1.807) is 6.07 Å². The summed E-state index contributed by atoms with van der Waals surface area (Å²) >= 11 is 0. The molecule has 0 unspecified atom stereocenters.